The molecule has 0 spiro atoms. The van der Waals surface area contributed by atoms with Crippen LogP contribution in [0, 0.1) is 0 Å². The summed E-state index contributed by atoms with van der Waals surface area (Å²) in [6.07, 6.45) is 0.109. The zero-order valence-electron chi connectivity index (χ0n) is 13.8. The van der Waals surface area contributed by atoms with E-state index in [0.717, 1.165) is 5.56 Å². The number of likely N-dealkylation sites (tertiary alicyclic amines) is 1. The zero-order valence-corrected chi connectivity index (χ0v) is 13.8. The molecule has 1 aromatic rings. The summed E-state index contributed by atoms with van der Waals surface area (Å²) >= 11 is 0. The monoisotopic (exact) mass is 331 g/mol. The molecule has 0 radical (unpaired) electrons. The minimum Gasteiger partial charge on any atom is -0.456 e. The van der Waals surface area contributed by atoms with Crippen LogP contribution in [-0.2, 0) is 30.4 Å². The van der Waals surface area contributed by atoms with Gasteiger partial charge in [0.05, 0.1) is 6.04 Å². The van der Waals surface area contributed by atoms with Gasteiger partial charge in [-0.25, -0.2) is 0 Å². The summed E-state index contributed by atoms with van der Waals surface area (Å²) in [4.78, 5) is 37.1. The summed E-state index contributed by atoms with van der Waals surface area (Å²) < 4.78 is 10.4. The third-order valence-electron chi connectivity index (χ3n) is 3.80. The Bertz CT molecular complexity index is 628. The van der Waals surface area contributed by atoms with Crippen molar-refractivity contribution in [1.82, 2.24) is 4.90 Å². The average Bonchev–Trinajstić information content (AvgIpc) is 2.74. The van der Waals surface area contributed by atoms with E-state index < -0.39 is 30.2 Å². The molecule has 1 heterocycles. The van der Waals surface area contributed by atoms with Crippen molar-refractivity contribution in [2.24, 2.45) is 0 Å². The summed E-state index contributed by atoms with van der Waals surface area (Å²) in [6, 6.07) is 9.02. The first-order valence-electron chi connectivity index (χ1n) is 7.73. The number of carbonyl (C=O) groups is 3. The minimum absolute atomic E-state index is 0.341. The molecule has 1 aliphatic rings. The summed E-state index contributed by atoms with van der Waals surface area (Å²) in [6.45, 7) is 6.53. The van der Waals surface area contributed by atoms with Gasteiger partial charge in [-0.05, 0) is 12.0 Å². The van der Waals surface area contributed by atoms with E-state index in [1.807, 2.05) is 30.3 Å². The number of ether oxygens (including phenoxy) is 2. The van der Waals surface area contributed by atoms with E-state index in [1.54, 1.807) is 11.0 Å². The Kier molecular flexibility index (Phi) is 5.73. The summed E-state index contributed by atoms with van der Waals surface area (Å²) in [5.74, 6) is -1.49. The van der Waals surface area contributed by atoms with Crippen molar-refractivity contribution in [3.8, 4) is 0 Å². The molecule has 0 bridgehead atoms. The second kappa shape index (κ2) is 7.77. The number of amides is 1. The van der Waals surface area contributed by atoms with Gasteiger partial charge in [0.15, 0.2) is 6.10 Å². The van der Waals surface area contributed by atoms with Gasteiger partial charge >= 0.3 is 11.9 Å². The third-order valence-corrected chi connectivity index (χ3v) is 3.80. The highest BCUT2D eigenvalue weighted by Crippen LogP contribution is 2.29. The molecule has 0 saturated carbocycles. The van der Waals surface area contributed by atoms with E-state index in [0.29, 0.717) is 13.0 Å². The normalized spacial score (nSPS) is 23.0. The van der Waals surface area contributed by atoms with Crippen LogP contribution in [0.5, 0.6) is 0 Å². The van der Waals surface area contributed by atoms with Crippen LogP contribution in [0.4, 0.5) is 0 Å². The topological polar surface area (TPSA) is 72.9 Å². The average molecular weight is 331 g/mol. The van der Waals surface area contributed by atoms with Crippen LogP contribution in [0.3, 0.4) is 0 Å². The van der Waals surface area contributed by atoms with Crippen LogP contribution in [0.2, 0.25) is 0 Å². The van der Waals surface area contributed by atoms with Crippen molar-refractivity contribution < 1.29 is 23.9 Å². The summed E-state index contributed by atoms with van der Waals surface area (Å²) in [7, 11) is 0. The van der Waals surface area contributed by atoms with Crippen LogP contribution >= 0.6 is 0 Å². The van der Waals surface area contributed by atoms with Gasteiger partial charge in [-0.1, -0.05) is 36.4 Å². The predicted molar refractivity (Wildman–Crippen MR) is 86.7 cm³/mol. The molecule has 24 heavy (non-hydrogen) atoms. The smallest absolute Gasteiger partial charge is 0.303 e. The lowest BCUT2D eigenvalue weighted by atomic mass is 10.1. The summed E-state index contributed by atoms with van der Waals surface area (Å²) in [5.41, 5.74) is 0.935. The number of hydrogen-bond donors (Lipinski definition) is 0. The molecule has 1 aromatic carbocycles. The molecule has 1 amide bonds. The molecule has 0 aliphatic carbocycles. The fraction of sp³-hybridized carbons (Fsp3) is 0.389. The lowest BCUT2D eigenvalue weighted by Gasteiger charge is -2.26. The van der Waals surface area contributed by atoms with E-state index in [2.05, 4.69) is 6.58 Å². The fourth-order valence-corrected chi connectivity index (χ4v) is 2.88. The Morgan fingerprint density at radius 1 is 1.17 bits per heavy atom. The Morgan fingerprint density at radius 2 is 1.79 bits per heavy atom. The summed E-state index contributed by atoms with van der Waals surface area (Å²) in [5, 5.41) is 0. The molecule has 0 N–H and O–H groups in total. The van der Waals surface area contributed by atoms with E-state index in [-0.39, 0.29) is 5.91 Å². The lowest BCUT2D eigenvalue weighted by molar-refractivity contribution is -0.166. The molecule has 1 aliphatic heterocycles. The van der Waals surface area contributed by atoms with Gasteiger partial charge < -0.3 is 14.4 Å². The minimum atomic E-state index is -1.12. The molecule has 0 aromatic heterocycles. The standard InChI is InChI=1S/C18H21NO5/c1-4-8-15-16(23-12(2)20)17(24-13(3)21)18(22)19(15)11-14-9-6-5-7-10-14/h4-7,9-10,15-17H,1,8,11H2,2-3H3/t15-,16-,17+/m1/s1. The molecule has 1 fully saturated rings. The SMILES string of the molecule is C=CC[C@@H]1[C@@H](OC(C)=O)[C@H](OC(C)=O)C(=O)N1Cc1ccccc1. The van der Waals surface area contributed by atoms with Crippen LogP contribution in [-0.4, -0.2) is 41.0 Å². The molecule has 128 valence electrons. The van der Waals surface area contributed by atoms with E-state index in [1.165, 1.54) is 13.8 Å². The molecular formula is C18H21NO5. The molecule has 1 saturated heterocycles. The Balaban J connectivity index is 2.32. The molecule has 0 unspecified atom stereocenters. The Hall–Kier alpha value is -2.63. The Morgan fingerprint density at radius 3 is 2.33 bits per heavy atom. The largest absolute Gasteiger partial charge is 0.456 e. The highest BCUT2D eigenvalue weighted by Gasteiger charge is 2.51. The number of nitrogens with zero attached hydrogens (tertiary/aromatic N) is 1. The van der Waals surface area contributed by atoms with Gasteiger partial charge in [0.1, 0.15) is 0 Å². The second-order valence-corrected chi connectivity index (χ2v) is 5.65. The molecule has 3 atom stereocenters. The highest BCUT2D eigenvalue weighted by atomic mass is 16.6. The van der Waals surface area contributed by atoms with E-state index in [9.17, 15) is 14.4 Å². The van der Waals surface area contributed by atoms with Gasteiger partial charge in [-0.2, -0.15) is 0 Å². The fourth-order valence-electron chi connectivity index (χ4n) is 2.88. The van der Waals surface area contributed by atoms with Crippen molar-refractivity contribution in [2.45, 2.75) is 45.1 Å². The number of hydrogen-bond acceptors (Lipinski definition) is 5. The maximum absolute atomic E-state index is 12.7. The van der Waals surface area contributed by atoms with Crippen LogP contribution in [0.1, 0.15) is 25.8 Å². The Labute approximate surface area is 141 Å². The quantitative estimate of drug-likeness (QED) is 0.587. The lowest BCUT2D eigenvalue weighted by Crippen LogP contribution is -2.39. The van der Waals surface area contributed by atoms with Crippen LogP contribution in [0.15, 0.2) is 43.0 Å². The van der Waals surface area contributed by atoms with Gasteiger partial charge in [0, 0.05) is 20.4 Å². The van der Waals surface area contributed by atoms with Crippen LogP contribution in [0.25, 0.3) is 0 Å². The highest BCUT2D eigenvalue weighted by molar-refractivity contribution is 5.87. The number of carbonyl (C=O) groups excluding carboxylic acids is 3. The van der Waals surface area contributed by atoms with Crippen molar-refractivity contribution in [3.05, 3.63) is 48.6 Å². The number of rotatable bonds is 6. The van der Waals surface area contributed by atoms with Crippen molar-refractivity contribution in [2.75, 3.05) is 0 Å². The van der Waals surface area contributed by atoms with Crippen molar-refractivity contribution in [3.63, 3.8) is 0 Å². The molecule has 2 rings (SSSR count). The van der Waals surface area contributed by atoms with Gasteiger partial charge in [-0.15, -0.1) is 6.58 Å². The molecular weight excluding hydrogens is 310 g/mol. The first-order valence-corrected chi connectivity index (χ1v) is 7.73. The van der Waals surface area contributed by atoms with Gasteiger partial charge in [-0.3, -0.25) is 14.4 Å². The van der Waals surface area contributed by atoms with Crippen molar-refractivity contribution >= 4 is 17.8 Å². The second-order valence-electron chi connectivity index (χ2n) is 5.65. The first kappa shape index (κ1) is 17.7. The van der Waals surface area contributed by atoms with Gasteiger partial charge in [0.25, 0.3) is 5.91 Å². The molecule has 6 heteroatoms. The zero-order chi connectivity index (χ0) is 17.7. The van der Waals surface area contributed by atoms with E-state index in [4.69, 9.17) is 9.47 Å². The number of benzene rings is 1. The maximum Gasteiger partial charge on any atom is 0.303 e. The van der Waals surface area contributed by atoms with Crippen molar-refractivity contribution in [1.29, 1.82) is 0 Å². The first-order chi connectivity index (χ1) is 11.4. The number of esters is 2. The van der Waals surface area contributed by atoms with Gasteiger partial charge in [0.2, 0.25) is 6.10 Å². The molecule has 6 nitrogen and oxygen atoms in total. The van der Waals surface area contributed by atoms with Crippen LogP contribution < -0.4 is 0 Å². The maximum atomic E-state index is 12.7. The third kappa shape index (κ3) is 4.01. The van der Waals surface area contributed by atoms with E-state index >= 15 is 0 Å². The predicted octanol–water partition coefficient (Wildman–Crippen LogP) is 1.84.